The highest BCUT2D eigenvalue weighted by Crippen LogP contribution is 2.15. The van der Waals surface area contributed by atoms with Crippen molar-refractivity contribution in [3.63, 3.8) is 0 Å². The van der Waals surface area contributed by atoms with Crippen LogP contribution in [0, 0.1) is 11.3 Å². The van der Waals surface area contributed by atoms with Gasteiger partial charge in [-0.3, -0.25) is 9.69 Å². The van der Waals surface area contributed by atoms with Crippen molar-refractivity contribution in [3.8, 4) is 11.8 Å². The zero-order valence-electron chi connectivity index (χ0n) is 16.4. The van der Waals surface area contributed by atoms with Crippen LogP contribution in [0.5, 0.6) is 5.75 Å². The summed E-state index contributed by atoms with van der Waals surface area (Å²) < 4.78 is 5.64. The smallest absolute Gasteiger partial charge is 0.261 e. The number of nitriles is 1. The van der Waals surface area contributed by atoms with Crippen LogP contribution in [0.15, 0.2) is 48.5 Å². The third-order valence-electron chi connectivity index (χ3n) is 5.01. The van der Waals surface area contributed by atoms with Crippen molar-refractivity contribution in [1.29, 1.82) is 5.26 Å². The highest BCUT2D eigenvalue weighted by atomic mass is 16.5. The van der Waals surface area contributed by atoms with Crippen LogP contribution < -0.4 is 10.1 Å². The minimum absolute atomic E-state index is 0.165. The number of likely N-dealkylation sites (tertiary alicyclic amines) is 1. The number of benzene rings is 2. The van der Waals surface area contributed by atoms with Gasteiger partial charge in [-0.2, -0.15) is 5.26 Å². The second-order valence-electron chi connectivity index (χ2n) is 7.27. The first kappa shape index (κ1) is 19.9. The van der Waals surface area contributed by atoms with E-state index < -0.39 is 6.10 Å². The molecule has 0 bridgehead atoms. The molecule has 0 radical (unpaired) electrons. The van der Waals surface area contributed by atoms with Gasteiger partial charge >= 0.3 is 0 Å². The largest absolute Gasteiger partial charge is 0.481 e. The van der Waals surface area contributed by atoms with Gasteiger partial charge in [0.1, 0.15) is 5.75 Å². The molecule has 2 aromatic carbocycles. The molecule has 3 rings (SSSR count). The van der Waals surface area contributed by atoms with Gasteiger partial charge in [0, 0.05) is 13.1 Å². The van der Waals surface area contributed by atoms with Crippen LogP contribution in [-0.2, 0) is 17.9 Å². The lowest BCUT2D eigenvalue weighted by atomic mass is 10.1. The number of hydrogen-bond donors (Lipinski definition) is 1. The molecule has 1 unspecified atom stereocenters. The molecule has 1 amide bonds. The molecule has 1 saturated heterocycles. The maximum absolute atomic E-state index is 12.3. The molecule has 146 valence electrons. The Hall–Kier alpha value is -2.84. The van der Waals surface area contributed by atoms with Gasteiger partial charge in [-0.15, -0.1) is 0 Å². The third kappa shape index (κ3) is 5.83. The molecule has 0 saturated carbocycles. The van der Waals surface area contributed by atoms with E-state index in [1.54, 1.807) is 31.2 Å². The van der Waals surface area contributed by atoms with Crippen LogP contribution in [0.2, 0.25) is 0 Å². The van der Waals surface area contributed by atoms with Gasteiger partial charge in [0.15, 0.2) is 6.10 Å². The normalized spacial score (nSPS) is 15.4. The average Bonchev–Trinajstić information content (AvgIpc) is 2.74. The lowest BCUT2D eigenvalue weighted by Crippen LogP contribution is -2.35. The standard InChI is InChI=1S/C23H27N3O2/c1-18(28-22-11-9-19(15-24)10-12-22)23(27)25-16-20-5-7-21(8-6-20)17-26-13-3-2-4-14-26/h5-12,18H,2-4,13-14,16-17H2,1H3,(H,25,27). The van der Waals surface area contributed by atoms with Crippen LogP contribution in [0.1, 0.15) is 42.9 Å². The van der Waals surface area contributed by atoms with E-state index in [0.29, 0.717) is 17.9 Å². The molecule has 5 nitrogen and oxygen atoms in total. The molecule has 0 aliphatic carbocycles. The number of rotatable bonds is 7. The maximum Gasteiger partial charge on any atom is 0.261 e. The van der Waals surface area contributed by atoms with Crippen molar-refractivity contribution in [2.75, 3.05) is 13.1 Å². The zero-order valence-corrected chi connectivity index (χ0v) is 16.4. The van der Waals surface area contributed by atoms with E-state index in [9.17, 15) is 4.79 Å². The molecular formula is C23H27N3O2. The number of carbonyl (C=O) groups is 1. The predicted molar refractivity (Wildman–Crippen MR) is 109 cm³/mol. The first-order chi connectivity index (χ1) is 13.6. The Morgan fingerprint density at radius 1 is 1.07 bits per heavy atom. The summed E-state index contributed by atoms with van der Waals surface area (Å²) in [5, 5.41) is 11.7. The zero-order chi connectivity index (χ0) is 19.8. The number of hydrogen-bond acceptors (Lipinski definition) is 4. The summed E-state index contributed by atoms with van der Waals surface area (Å²) in [6, 6.07) is 17.2. The van der Waals surface area contributed by atoms with Crippen molar-refractivity contribution in [1.82, 2.24) is 10.2 Å². The number of carbonyl (C=O) groups excluding carboxylic acids is 1. The minimum Gasteiger partial charge on any atom is -0.481 e. The molecule has 1 aliphatic heterocycles. The number of ether oxygens (including phenoxy) is 1. The Bertz CT molecular complexity index is 803. The molecule has 2 aromatic rings. The maximum atomic E-state index is 12.3. The van der Waals surface area contributed by atoms with Crippen molar-refractivity contribution in [3.05, 3.63) is 65.2 Å². The van der Waals surface area contributed by atoms with Crippen molar-refractivity contribution >= 4 is 5.91 Å². The lowest BCUT2D eigenvalue weighted by molar-refractivity contribution is -0.127. The summed E-state index contributed by atoms with van der Waals surface area (Å²) in [5.74, 6) is 0.408. The molecule has 0 aromatic heterocycles. The number of nitrogens with one attached hydrogen (secondary N) is 1. The second kappa shape index (κ2) is 9.91. The van der Waals surface area contributed by atoms with Crippen molar-refractivity contribution in [2.45, 2.75) is 45.4 Å². The molecule has 1 N–H and O–H groups in total. The van der Waals surface area contributed by atoms with Crippen molar-refractivity contribution < 1.29 is 9.53 Å². The third-order valence-corrected chi connectivity index (χ3v) is 5.01. The van der Waals surface area contributed by atoms with Gasteiger partial charge in [0.2, 0.25) is 0 Å². The molecule has 1 aliphatic rings. The lowest BCUT2D eigenvalue weighted by Gasteiger charge is -2.26. The first-order valence-corrected chi connectivity index (χ1v) is 9.89. The summed E-state index contributed by atoms with van der Waals surface area (Å²) in [6.07, 6.45) is 3.34. The van der Waals surface area contributed by atoms with Crippen LogP contribution in [0.4, 0.5) is 0 Å². The van der Waals surface area contributed by atoms with Gasteiger partial charge in [-0.05, 0) is 68.2 Å². The summed E-state index contributed by atoms with van der Waals surface area (Å²) in [6.45, 7) is 5.57. The first-order valence-electron chi connectivity index (χ1n) is 9.89. The van der Waals surface area contributed by atoms with E-state index in [1.165, 1.54) is 37.9 Å². The van der Waals surface area contributed by atoms with Crippen LogP contribution >= 0.6 is 0 Å². The number of nitrogens with zero attached hydrogens (tertiary/aromatic N) is 2. The molecular weight excluding hydrogens is 350 g/mol. The van der Waals surface area contributed by atoms with Gasteiger partial charge in [-0.25, -0.2) is 0 Å². The van der Waals surface area contributed by atoms with Crippen molar-refractivity contribution in [2.24, 2.45) is 0 Å². The Labute approximate surface area is 166 Å². The summed E-state index contributed by atoms with van der Waals surface area (Å²) in [7, 11) is 0. The Morgan fingerprint density at radius 2 is 1.71 bits per heavy atom. The predicted octanol–water partition coefficient (Wildman–Crippen LogP) is 3.63. The summed E-state index contributed by atoms with van der Waals surface area (Å²) >= 11 is 0. The Balaban J connectivity index is 1.44. The van der Waals surface area contributed by atoms with E-state index >= 15 is 0 Å². The minimum atomic E-state index is -0.605. The van der Waals surface area contributed by atoms with Gasteiger partial charge in [-0.1, -0.05) is 30.7 Å². The summed E-state index contributed by atoms with van der Waals surface area (Å²) in [4.78, 5) is 14.8. The fraction of sp³-hybridized carbons (Fsp3) is 0.391. The monoisotopic (exact) mass is 377 g/mol. The molecule has 1 atom stereocenters. The molecule has 5 heteroatoms. The average molecular weight is 377 g/mol. The van der Waals surface area contributed by atoms with Gasteiger partial charge < -0.3 is 10.1 Å². The second-order valence-corrected chi connectivity index (χ2v) is 7.27. The van der Waals surface area contributed by atoms with Gasteiger partial charge in [0.25, 0.3) is 5.91 Å². The molecule has 28 heavy (non-hydrogen) atoms. The van der Waals surface area contributed by atoms with E-state index in [0.717, 1.165) is 12.1 Å². The van der Waals surface area contributed by atoms with E-state index in [1.807, 2.05) is 0 Å². The highest BCUT2D eigenvalue weighted by Gasteiger charge is 2.14. The molecule has 1 fully saturated rings. The quantitative estimate of drug-likeness (QED) is 0.800. The Kier molecular flexibility index (Phi) is 7.05. The Morgan fingerprint density at radius 3 is 2.36 bits per heavy atom. The fourth-order valence-electron chi connectivity index (χ4n) is 3.34. The van der Waals surface area contributed by atoms with Gasteiger partial charge in [0.05, 0.1) is 11.6 Å². The molecule has 1 heterocycles. The number of piperidine rings is 1. The SMILES string of the molecule is CC(Oc1ccc(C#N)cc1)C(=O)NCc1ccc(CN2CCCCC2)cc1. The fourth-order valence-corrected chi connectivity index (χ4v) is 3.34. The molecule has 0 spiro atoms. The highest BCUT2D eigenvalue weighted by molar-refractivity contribution is 5.80. The van der Waals surface area contributed by atoms with E-state index in [4.69, 9.17) is 10.00 Å². The number of amides is 1. The van der Waals surface area contributed by atoms with Crippen LogP contribution in [0.25, 0.3) is 0 Å². The van der Waals surface area contributed by atoms with Crippen LogP contribution in [0.3, 0.4) is 0 Å². The topological polar surface area (TPSA) is 65.4 Å². The van der Waals surface area contributed by atoms with E-state index in [2.05, 4.69) is 40.6 Å². The van der Waals surface area contributed by atoms with E-state index in [-0.39, 0.29) is 5.91 Å². The van der Waals surface area contributed by atoms with Crippen LogP contribution in [-0.4, -0.2) is 30.0 Å². The summed E-state index contributed by atoms with van der Waals surface area (Å²) in [5.41, 5.74) is 2.95.